The van der Waals surface area contributed by atoms with Crippen molar-refractivity contribution < 1.29 is 1.43 Å². The maximum absolute atomic E-state index is 4.88. The van der Waals surface area contributed by atoms with E-state index in [2.05, 4.69) is 65.5 Å². The van der Waals surface area contributed by atoms with E-state index in [-0.39, 0.29) is 1.43 Å². The predicted molar refractivity (Wildman–Crippen MR) is 116 cm³/mol. The first-order valence-corrected chi connectivity index (χ1v) is 10.3. The van der Waals surface area contributed by atoms with Crippen molar-refractivity contribution in [1.82, 2.24) is 5.32 Å². The Balaban J connectivity index is 0.00000201. The van der Waals surface area contributed by atoms with Gasteiger partial charge in [0.1, 0.15) is 7.28 Å². The van der Waals surface area contributed by atoms with E-state index < -0.39 is 0 Å². The van der Waals surface area contributed by atoms with Crippen LogP contribution in [-0.4, -0.2) is 19.2 Å². The molecule has 0 saturated heterocycles. The fourth-order valence-electron chi connectivity index (χ4n) is 3.52. The van der Waals surface area contributed by atoms with Gasteiger partial charge in [-0.05, 0) is 50.5 Å². The minimum Gasteiger partial charge on any atom is -0.350 e. The molecule has 2 rings (SSSR count). The Morgan fingerprint density at radius 3 is 2.44 bits per heavy atom. The van der Waals surface area contributed by atoms with Gasteiger partial charge in [0.2, 0.25) is 0 Å². The molecule has 141 valence electrons. The average molecular weight is 343 g/mol. The van der Waals surface area contributed by atoms with Gasteiger partial charge in [-0.1, -0.05) is 64.6 Å². The molecule has 0 aromatic carbocycles. The molecule has 1 atom stereocenters. The van der Waals surface area contributed by atoms with Crippen LogP contribution in [0.2, 0.25) is 6.82 Å². The van der Waals surface area contributed by atoms with Gasteiger partial charge in [-0.3, -0.25) is 4.99 Å². The minimum atomic E-state index is 0. The highest BCUT2D eigenvalue weighted by Crippen LogP contribution is 2.30. The lowest BCUT2D eigenvalue weighted by molar-refractivity contribution is 0.349. The van der Waals surface area contributed by atoms with Crippen molar-refractivity contribution in [3.8, 4) is 0 Å². The summed E-state index contributed by atoms with van der Waals surface area (Å²) in [6.07, 6.45) is 13.0. The van der Waals surface area contributed by atoms with Crippen LogP contribution in [0.5, 0.6) is 0 Å². The fraction of sp³-hybridized carbons (Fsp3) is 0.682. The maximum atomic E-state index is 4.88. The molecule has 1 unspecified atom stereocenters. The van der Waals surface area contributed by atoms with Gasteiger partial charge in [-0.15, -0.1) is 0 Å². The largest absolute Gasteiger partial charge is 0.350 e. The van der Waals surface area contributed by atoms with Crippen LogP contribution >= 0.6 is 0 Å². The molecular formula is C22H40BN2. The highest BCUT2D eigenvalue weighted by atomic mass is 15.0. The SMILES string of the molecule is CC.C[B]C1=C/C(=C/NC(C)=NC2CCC(C)CC2)C(C)C(CC)=C1.[HH]. The highest BCUT2D eigenvalue weighted by Gasteiger charge is 2.18. The first-order chi connectivity index (χ1) is 12.0. The first kappa shape index (κ1) is 21.8. The molecular weight excluding hydrogens is 303 g/mol. The molecule has 0 aromatic rings. The van der Waals surface area contributed by atoms with Gasteiger partial charge in [0.05, 0.1) is 11.9 Å². The zero-order chi connectivity index (χ0) is 18.8. The van der Waals surface area contributed by atoms with E-state index in [9.17, 15) is 0 Å². The summed E-state index contributed by atoms with van der Waals surface area (Å²) in [7, 11) is 2.18. The fourth-order valence-corrected chi connectivity index (χ4v) is 3.52. The lowest BCUT2D eigenvalue weighted by Gasteiger charge is -2.24. The molecule has 0 aromatic heterocycles. The summed E-state index contributed by atoms with van der Waals surface area (Å²) in [5.41, 5.74) is 4.16. The Morgan fingerprint density at radius 2 is 1.88 bits per heavy atom. The maximum Gasteiger partial charge on any atom is 0.148 e. The van der Waals surface area contributed by atoms with E-state index in [1.54, 1.807) is 0 Å². The summed E-state index contributed by atoms with van der Waals surface area (Å²) < 4.78 is 0. The summed E-state index contributed by atoms with van der Waals surface area (Å²) in [5, 5.41) is 3.43. The quantitative estimate of drug-likeness (QED) is 0.359. The molecule has 2 nitrogen and oxygen atoms in total. The Labute approximate surface area is 158 Å². The summed E-state index contributed by atoms with van der Waals surface area (Å²) in [6.45, 7) is 15.1. The van der Waals surface area contributed by atoms with Crippen molar-refractivity contribution in [1.29, 1.82) is 0 Å². The van der Waals surface area contributed by atoms with Gasteiger partial charge in [-0.25, -0.2) is 0 Å². The van der Waals surface area contributed by atoms with Gasteiger partial charge in [0, 0.05) is 13.5 Å². The summed E-state index contributed by atoms with van der Waals surface area (Å²) in [5.74, 6) is 2.42. The Hall–Kier alpha value is -1.25. The standard InChI is InChI=1S/C20H32BN2.C2H6.H2/c1-6-17-11-19(21-5)12-18(15(17)3)13-22-16(4)23-20-9-7-14(2)8-10-20;1-2;/h11-15,20H,6-10H2,1-5H3,(H,22,23);1-2H3;1H/b18-13-;;. The van der Waals surface area contributed by atoms with Crippen LogP contribution in [0.3, 0.4) is 0 Å². The summed E-state index contributed by atoms with van der Waals surface area (Å²) in [4.78, 5) is 4.88. The van der Waals surface area contributed by atoms with Crippen molar-refractivity contribution in [3.05, 3.63) is 35.0 Å². The van der Waals surface area contributed by atoms with Crippen LogP contribution in [0.15, 0.2) is 40.0 Å². The number of nitrogens with one attached hydrogen (secondary N) is 1. The van der Waals surface area contributed by atoms with Crippen molar-refractivity contribution >= 4 is 13.1 Å². The highest BCUT2D eigenvalue weighted by molar-refractivity contribution is 6.45. The van der Waals surface area contributed by atoms with Crippen LogP contribution in [0.1, 0.15) is 75.1 Å². The normalized spacial score (nSPS) is 28.5. The van der Waals surface area contributed by atoms with Gasteiger partial charge < -0.3 is 5.32 Å². The van der Waals surface area contributed by atoms with E-state index in [0.717, 1.165) is 18.2 Å². The number of allylic oxidation sites excluding steroid dienone is 5. The lowest BCUT2D eigenvalue weighted by Crippen LogP contribution is -2.22. The molecule has 2 aliphatic rings. The van der Waals surface area contributed by atoms with Gasteiger partial charge in [0.25, 0.3) is 0 Å². The number of nitrogens with zero attached hydrogens (tertiary/aromatic N) is 1. The van der Waals surface area contributed by atoms with E-state index in [1.807, 2.05) is 13.8 Å². The average Bonchev–Trinajstić information content (AvgIpc) is 2.64. The Kier molecular flexibility index (Phi) is 9.93. The number of rotatable bonds is 4. The van der Waals surface area contributed by atoms with E-state index in [4.69, 9.17) is 4.99 Å². The summed E-state index contributed by atoms with van der Waals surface area (Å²) >= 11 is 0. The second kappa shape index (κ2) is 11.4. The molecule has 0 spiro atoms. The minimum absolute atomic E-state index is 0. The first-order valence-electron chi connectivity index (χ1n) is 10.3. The molecule has 3 heteroatoms. The van der Waals surface area contributed by atoms with Crippen LogP contribution in [-0.2, 0) is 0 Å². The number of aliphatic imine (C=N–C) groups is 1. The topological polar surface area (TPSA) is 24.4 Å². The predicted octanol–water partition coefficient (Wildman–Crippen LogP) is 6.35. The van der Waals surface area contributed by atoms with E-state index >= 15 is 0 Å². The van der Waals surface area contributed by atoms with Gasteiger partial charge >= 0.3 is 0 Å². The molecule has 1 N–H and O–H groups in total. The number of hydrogen-bond donors (Lipinski definition) is 1. The van der Waals surface area contributed by atoms with Crippen LogP contribution in [0.25, 0.3) is 0 Å². The smallest absolute Gasteiger partial charge is 0.148 e. The van der Waals surface area contributed by atoms with Crippen molar-refractivity contribution in [2.45, 2.75) is 86.5 Å². The molecule has 1 saturated carbocycles. The van der Waals surface area contributed by atoms with Gasteiger partial charge in [-0.2, -0.15) is 0 Å². The van der Waals surface area contributed by atoms with Crippen molar-refractivity contribution in [2.24, 2.45) is 16.8 Å². The summed E-state index contributed by atoms with van der Waals surface area (Å²) in [6, 6.07) is 0.516. The van der Waals surface area contributed by atoms with E-state index in [0.29, 0.717) is 12.0 Å². The molecule has 0 heterocycles. The second-order valence-electron chi connectivity index (χ2n) is 7.14. The van der Waals surface area contributed by atoms with Crippen molar-refractivity contribution in [3.63, 3.8) is 0 Å². The van der Waals surface area contributed by atoms with Crippen molar-refractivity contribution in [2.75, 3.05) is 0 Å². The number of amidine groups is 1. The Bertz CT molecular complexity index is 526. The second-order valence-corrected chi connectivity index (χ2v) is 7.14. The zero-order valence-corrected chi connectivity index (χ0v) is 17.5. The monoisotopic (exact) mass is 343 g/mol. The molecule has 1 radical (unpaired) electrons. The van der Waals surface area contributed by atoms with Crippen LogP contribution in [0, 0.1) is 11.8 Å². The third-order valence-electron chi connectivity index (χ3n) is 5.29. The molecule has 0 amide bonds. The molecule has 25 heavy (non-hydrogen) atoms. The number of hydrogen-bond acceptors (Lipinski definition) is 1. The molecule has 0 aliphatic heterocycles. The van der Waals surface area contributed by atoms with Gasteiger partial charge in [0.15, 0.2) is 0 Å². The van der Waals surface area contributed by atoms with E-state index in [1.165, 1.54) is 42.3 Å². The van der Waals surface area contributed by atoms with Crippen LogP contribution in [0.4, 0.5) is 0 Å². The lowest BCUT2D eigenvalue weighted by atomic mass is 9.67. The molecule has 0 bridgehead atoms. The Morgan fingerprint density at radius 1 is 1.24 bits per heavy atom. The van der Waals surface area contributed by atoms with Crippen LogP contribution < -0.4 is 5.32 Å². The third kappa shape index (κ3) is 6.88. The third-order valence-corrected chi connectivity index (χ3v) is 5.29. The zero-order valence-electron chi connectivity index (χ0n) is 17.5. The molecule has 2 aliphatic carbocycles. The molecule has 1 fully saturated rings.